The van der Waals surface area contributed by atoms with Gasteiger partial charge in [0.25, 0.3) is 15.9 Å². The molecule has 0 bridgehead atoms. The van der Waals surface area contributed by atoms with Crippen LogP contribution < -0.4 is 9.62 Å². The van der Waals surface area contributed by atoms with Crippen LogP contribution in [0.2, 0.25) is 0 Å². The van der Waals surface area contributed by atoms with Crippen molar-refractivity contribution >= 4 is 27.3 Å². The van der Waals surface area contributed by atoms with Crippen LogP contribution in [-0.2, 0) is 16.2 Å². The Bertz CT molecular complexity index is 1160. The molecule has 0 radical (unpaired) electrons. The van der Waals surface area contributed by atoms with Gasteiger partial charge in [0, 0.05) is 23.5 Å². The Morgan fingerprint density at radius 1 is 0.935 bits per heavy atom. The number of rotatable bonds is 6. The molecule has 0 aliphatic carbocycles. The summed E-state index contributed by atoms with van der Waals surface area (Å²) in [4.78, 5) is 14.2. The van der Waals surface area contributed by atoms with Gasteiger partial charge in [0.05, 0.1) is 10.5 Å². The minimum Gasteiger partial charge on any atom is -0.309 e. The molecule has 0 atom stereocenters. The van der Waals surface area contributed by atoms with Gasteiger partial charge in [0.1, 0.15) is 0 Å². The van der Waals surface area contributed by atoms with Crippen molar-refractivity contribution in [2.45, 2.75) is 18.0 Å². The molecule has 0 unspecified atom stereocenters. The predicted molar refractivity (Wildman–Crippen MR) is 112 cm³/mol. The van der Waals surface area contributed by atoms with Gasteiger partial charge in [-0.25, -0.2) is 8.42 Å². The molecule has 3 rings (SSSR count). The standard InChI is InChI=1S/C22H19F3N2O3S/c1-2-27(19-9-4-3-5-10-19)21(28)16-11-13-20(14-12-16)31(29,30)26-18-8-6-7-17(15-18)22(23,24)25/h3-15,26H,2H2,1H3. The first-order chi connectivity index (χ1) is 14.6. The lowest BCUT2D eigenvalue weighted by Gasteiger charge is -2.21. The van der Waals surface area contributed by atoms with Gasteiger partial charge in [-0.2, -0.15) is 13.2 Å². The van der Waals surface area contributed by atoms with E-state index >= 15 is 0 Å². The topological polar surface area (TPSA) is 66.5 Å². The number of halogens is 3. The smallest absolute Gasteiger partial charge is 0.309 e. The fourth-order valence-electron chi connectivity index (χ4n) is 2.96. The number of carbonyl (C=O) groups excluding carboxylic acids is 1. The maximum atomic E-state index is 12.8. The fraction of sp³-hybridized carbons (Fsp3) is 0.136. The zero-order valence-electron chi connectivity index (χ0n) is 16.4. The van der Waals surface area contributed by atoms with Gasteiger partial charge in [-0.15, -0.1) is 0 Å². The molecule has 0 aliphatic rings. The molecule has 0 aliphatic heterocycles. The van der Waals surface area contributed by atoms with Gasteiger partial charge in [-0.3, -0.25) is 9.52 Å². The lowest BCUT2D eigenvalue weighted by Crippen LogP contribution is -2.30. The minimum atomic E-state index is -4.59. The van der Waals surface area contributed by atoms with E-state index in [4.69, 9.17) is 0 Å². The number of hydrogen-bond donors (Lipinski definition) is 1. The number of amides is 1. The van der Waals surface area contributed by atoms with E-state index in [-0.39, 0.29) is 22.1 Å². The van der Waals surface area contributed by atoms with E-state index in [9.17, 15) is 26.4 Å². The molecule has 0 saturated carbocycles. The van der Waals surface area contributed by atoms with Crippen molar-refractivity contribution in [1.82, 2.24) is 0 Å². The van der Waals surface area contributed by atoms with E-state index in [1.165, 1.54) is 30.3 Å². The van der Waals surface area contributed by atoms with E-state index in [1.807, 2.05) is 13.0 Å². The quantitative estimate of drug-likeness (QED) is 0.566. The van der Waals surface area contributed by atoms with Gasteiger partial charge in [-0.05, 0) is 61.5 Å². The number of hydrogen-bond acceptors (Lipinski definition) is 3. The summed E-state index contributed by atoms with van der Waals surface area (Å²) in [6.45, 7) is 2.24. The molecule has 1 N–H and O–H groups in total. The van der Waals surface area contributed by atoms with Crippen molar-refractivity contribution in [3.8, 4) is 0 Å². The molecule has 0 fully saturated rings. The van der Waals surface area contributed by atoms with Crippen molar-refractivity contribution in [2.75, 3.05) is 16.2 Å². The number of nitrogens with one attached hydrogen (secondary N) is 1. The van der Waals surface area contributed by atoms with Crippen LogP contribution >= 0.6 is 0 Å². The molecule has 9 heteroatoms. The zero-order valence-corrected chi connectivity index (χ0v) is 17.2. The Labute approximate surface area is 178 Å². The number of sulfonamides is 1. The molecule has 3 aromatic carbocycles. The van der Waals surface area contributed by atoms with Crippen molar-refractivity contribution < 1.29 is 26.4 Å². The lowest BCUT2D eigenvalue weighted by molar-refractivity contribution is -0.137. The number of benzene rings is 3. The summed E-state index contributed by atoms with van der Waals surface area (Å²) in [6, 6.07) is 18.2. The average Bonchev–Trinajstić information content (AvgIpc) is 2.74. The van der Waals surface area contributed by atoms with E-state index in [2.05, 4.69) is 4.72 Å². The molecule has 1 amide bonds. The predicted octanol–water partition coefficient (Wildman–Crippen LogP) is 5.17. The highest BCUT2D eigenvalue weighted by molar-refractivity contribution is 7.92. The largest absolute Gasteiger partial charge is 0.416 e. The first-order valence-corrected chi connectivity index (χ1v) is 10.8. The number of para-hydroxylation sites is 1. The first-order valence-electron chi connectivity index (χ1n) is 9.29. The Kier molecular flexibility index (Phi) is 6.35. The molecule has 0 spiro atoms. The maximum Gasteiger partial charge on any atom is 0.416 e. The molecule has 0 heterocycles. The molecule has 5 nitrogen and oxygen atoms in total. The highest BCUT2D eigenvalue weighted by Gasteiger charge is 2.30. The third-order valence-electron chi connectivity index (χ3n) is 4.48. The van der Waals surface area contributed by atoms with Crippen molar-refractivity contribution in [3.63, 3.8) is 0 Å². The van der Waals surface area contributed by atoms with E-state index in [1.54, 1.807) is 29.2 Å². The highest BCUT2D eigenvalue weighted by atomic mass is 32.2. The Morgan fingerprint density at radius 3 is 2.16 bits per heavy atom. The molecule has 31 heavy (non-hydrogen) atoms. The number of nitrogens with zero attached hydrogens (tertiary/aromatic N) is 1. The molecular weight excluding hydrogens is 429 g/mol. The summed E-state index contributed by atoms with van der Waals surface area (Å²) in [5.74, 6) is -0.302. The van der Waals surface area contributed by atoms with E-state index < -0.39 is 21.8 Å². The molecule has 0 saturated heterocycles. The third-order valence-corrected chi connectivity index (χ3v) is 5.88. The van der Waals surface area contributed by atoms with Gasteiger partial charge >= 0.3 is 6.18 Å². The number of alkyl halides is 3. The summed E-state index contributed by atoms with van der Waals surface area (Å²) >= 11 is 0. The molecule has 162 valence electrons. The van der Waals surface area contributed by atoms with Crippen molar-refractivity contribution in [1.29, 1.82) is 0 Å². The van der Waals surface area contributed by atoms with Crippen molar-refractivity contribution in [2.24, 2.45) is 0 Å². The molecule has 3 aromatic rings. The summed E-state index contributed by atoms with van der Waals surface area (Å²) < 4.78 is 65.8. The molecular formula is C22H19F3N2O3S. The van der Waals surface area contributed by atoms with Crippen LogP contribution in [-0.4, -0.2) is 20.9 Å². The maximum absolute atomic E-state index is 12.8. The average molecular weight is 448 g/mol. The van der Waals surface area contributed by atoms with Gasteiger partial charge in [0.15, 0.2) is 0 Å². The first kappa shape index (κ1) is 22.4. The number of carbonyl (C=O) groups is 1. The van der Waals surface area contributed by atoms with Crippen LogP contribution in [0.5, 0.6) is 0 Å². The van der Waals surface area contributed by atoms with Crippen LogP contribution in [0.15, 0.2) is 83.8 Å². The van der Waals surface area contributed by atoms with Gasteiger partial charge in [0.2, 0.25) is 0 Å². The lowest BCUT2D eigenvalue weighted by atomic mass is 10.2. The van der Waals surface area contributed by atoms with Crippen molar-refractivity contribution in [3.05, 3.63) is 90.0 Å². The second-order valence-corrected chi connectivity index (χ2v) is 8.28. The third kappa shape index (κ3) is 5.24. The number of anilines is 2. The Balaban J connectivity index is 1.81. The van der Waals surface area contributed by atoms with E-state index in [0.29, 0.717) is 18.3 Å². The second kappa shape index (κ2) is 8.81. The minimum absolute atomic E-state index is 0.177. The summed E-state index contributed by atoms with van der Waals surface area (Å²) in [5.41, 5.74) is -0.188. The fourth-order valence-corrected chi connectivity index (χ4v) is 4.01. The monoisotopic (exact) mass is 448 g/mol. The van der Waals surface area contributed by atoms with Crippen LogP contribution in [0.25, 0.3) is 0 Å². The Hall–Kier alpha value is -3.33. The van der Waals surface area contributed by atoms with Crippen LogP contribution in [0.3, 0.4) is 0 Å². The van der Waals surface area contributed by atoms with E-state index in [0.717, 1.165) is 12.1 Å². The van der Waals surface area contributed by atoms with Gasteiger partial charge < -0.3 is 4.90 Å². The Morgan fingerprint density at radius 2 is 1.58 bits per heavy atom. The van der Waals surface area contributed by atoms with Crippen LogP contribution in [0, 0.1) is 0 Å². The summed E-state index contributed by atoms with van der Waals surface area (Å²) in [5, 5.41) is 0. The van der Waals surface area contributed by atoms with Crippen LogP contribution in [0.1, 0.15) is 22.8 Å². The highest BCUT2D eigenvalue weighted by Crippen LogP contribution is 2.31. The van der Waals surface area contributed by atoms with Gasteiger partial charge in [-0.1, -0.05) is 24.3 Å². The summed E-state index contributed by atoms with van der Waals surface area (Å²) in [6.07, 6.45) is -4.59. The molecule has 0 aromatic heterocycles. The summed E-state index contributed by atoms with van der Waals surface area (Å²) in [7, 11) is -4.14. The SMILES string of the molecule is CCN(C(=O)c1ccc(S(=O)(=O)Nc2cccc(C(F)(F)F)c2)cc1)c1ccccc1. The normalized spacial score (nSPS) is 11.7. The van der Waals surface area contributed by atoms with Crippen LogP contribution in [0.4, 0.5) is 24.5 Å². The zero-order chi connectivity index (χ0) is 22.6. The second-order valence-electron chi connectivity index (χ2n) is 6.59.